The minimum Gasteiger partial charge on any atom is -0.376 e. The van der Waals surface area contributed by atoms with Crippen molar-refractivity contribution in [1.82, 2.24) is 20.2 Å². The molecule has 4 heterocycles. The molecule has 0 radical (unpaired) electrons. The van der Waals surface area contributed by atoms with Crippen LogP contribution in [-0.2, 0) is 4.74 Å². The predicted octanol–water partition coefficient (Wildman–Crippen LogP) is 4.50. The summed E-state index contributed by atoms with van der Waals surface area (Å²) in [5, 5.41) is 3.69. The standard InChI is InChI=1S/C24H32F3N5O/c1-16-21-12-30-23-20(8-9-29-23)22(21)32(15-31(16)13-19-3-2-10-33-19)18-6-4-17(5-7-18)11-28-14-24(25,26)27/h8-9,12,17-19,28H,1-7,10-11,13-15H2,(H,29,30)/t17-,18-,19?. The lowest BCUT2D eigenvalue weighted by Gasteiger charge is -2.47. The second-order valence-electron chi connectivity index (χ2n) is 9.60. The average Bonchev–Trinajstić information content (AvgIpc) is 3.47. The van der Waals surface area contributed by atoms with Gasteiger partial charge in [0.1, 0.15) is 5.65 Å². The summed E-state index contributed by atoms with van der Waals surface area (Å²) in [6.07, 6.45) is 5.86. The summed E-state index contributed by atoms with van der Waals surface area (Å²) in [6.45, 7) is 6.31. The zero-order chi connectivity index (χ0) is 23.0. The van der Waals surface area contributed by atoms with Crippen molar-refractivity contribution in [2.75, 3.05) is 37.8 Å². The predicted molar refractivity (Wildman–Crippen MR) is 123 cm³/mol. The van der Waals surface area contributed by atoms with E-state index in [0.29, 0.717) is 12.6 Å². The number of aromatic nitrogens is 2. The highest BCUT2D eigenvalue weighted by atomic mass is 19.4. The molecule has 0 aromatic carbocycles. The van der Waals surface area contributed by atoms with Crippen molar-refractivity contribution in [3.8, 4) is 0 Å². The van der Waals surface area contributed by atoms with Crippen molar-refractivity contribution in [3.63, 3.8) is 0 Å². The van der Waals surface area contributed by atoms with E-state index in [4.69, 9.17) is 4.74 Å². The van der Waals surface area contributed by atoms with E-state index in [1.165, 1.54) is 5.69 Å². The van der Waals surface area contributed by atoms with Crippen LogP contribution in [0.3, 0.4) is 0 Å². The van der Waals surface area contributed by atoms with Gasteiger partial charge >= 0.3 is 6.18 Å². The fourth-order valence-corrected chi connectivity index (χ4v) is 5.60. The molecule has 5 rings (SSSR count). The van der Waals surface area contributed by atoms with E-state index in [2.05, 4.69) is 37.7 Å². The topological polar surface area (TPSA) is 56.4 Å². The van der Waals surface area contributed by atoms with Gasteiger partial charge in [0.15, 0.2) is 0 Å². The number of nitrogens with zero attached hydrogens (tertiary/aromatic N) is 3. The molecule has 2 N–H and O–H groups in total. The lowest BCUT2D eigenvalue weighted by molar-refractivity contribution is -0.125. The van der Waals surface area contributed by atoms with E-state index >= 15 is 0 Å². The molecule has 1 atom stereocenters. The van der Waals surface area contributed by atoms with Crippen molar-refractivity contribution < 1.29 is 17.9 Å². The molecule has 2 aromatic rings. The molecule has 1 unspecified atom stereocenters. The van der Waals surface area contributed by atoms with Crippen LogP contribution in [-0.4, -0.2) is 66.1 Å². The summed E-state index contributed by atoms with van der Waals surface area (Å²) in [7, 11) is 0. The smallest absolute Gasteiger partial charge is 0.376 e. The Balaban J connectivity index is 1.33. The number of hydrogen-bond donors (Lipinski definition) is 2. The minimum atomic E-state index is -4.15. The largest absolute Gasteiger partial charge is 0.401 e. The Morgan fingerprint density at radius 3 is 2.76 bits per heavy atom. The lowest BCUT2D eigenvalue weighted by Crippen LogP contribution is -2.50. The molecule has 2 aliphatic heterocycles. The minimum absolute atomic E-state index is 0.226. The molecule has 1 saturated heterocycles. The number of pyridine rings is 1. The number of H-pyrrole nitrogens is 1. The van der Waals surface area contributed by atoms with Crippen LogP contribution < -0.4 is 10.2 Å². The van der Waals surface area contributed by atoms with Crippen molar-refractivity contribution in [1.29, 1.82) is 0 Å². The Kier molecular flexibility index (Phi) is 6.26. The Labute approximate surface area is 192 Å². The maximum Gasteiger partial charge on any atom is 0.401 e. The second kappa shape index (κ2) is 9.18. The molecule has 2 aromatic heterocycles. The molecule has 33 heavy (non-hydrogen) atoms. The summed E-state index contributed by atoms with van der Waals surface area (Å²) in [4.78, 5) is 12.6. The van der Waals surface area contributed by atoms with Crippen molar-refractivity contribution >= 4 is 22.4 Å². The maximum absolute atomic E-state index is 12.5. The van der Waals surface area contributed by atoms with E-state index in [1.807, 2.05) is 12.4 Å². The van der Waals surface area contributed by atoms with Crippen LogP contribution >= 0.6 is 0 Å². The van der Waals surface area contributed by atoms with Gasteiger partial charge in [-0.15, -0.1) is 0 Å². The van der Waals surface area contributed by atoms with Crippen LogP contribution in [0.5, 0.6) is 0 Å². The monoisotopic (exact) mass is 463 g/mol. The van der Waals surface area contributed by atoms with Gasteiger partial charge < -0.3 is 24.8 Å². The highest BCUT2D eigenvalue weighted by Gasteiger charge is 2.35. The fraction of sp³-hybridized carbons (Fsp3) is 0.625. The summed E-state index contributed by atoms with van der Waals surface area (Å²) in [5.41, 5.74) is 4.08. The van der Waals surface area contributed by atoms with Crippen LogP contribution in [0.25, 0.3) is 16.7 Å². The quantitative estimate of drug-likeness (QED) is 0.661. The Morgan fingerprint density at radius 2 is 2.03 bits per heavy atom. The van der Waals surface area contributed by atoms with Crippen molar-refractivity contribution in [3.05, 3.63) is 30.6 Å². The first kappa shape index (κ1) is 22.5. The van der Waals surface area contributed by atoms with Crippen LogP contribution in [0.4, 0.5) is 18.9 Å². The number of hydrogen-bond acceptors (Lipinski definition) is 5. The molecule has 3 aliphatic rings. The van der Waals surface area contributed by atoms with E-state index in [1.54, 1.807) is 0 Å². The van der Waals surface area contributed by atoms with Gasteiger partial charge in [-0.3, -0.25) is 0 Å². The van der Waals surface area contributed by atoms with Crippen LogP contribution in [0.15, 0.2) is 25.0 Å². The molecule has 1 saturated carbocycles. The third-order valence-corrected chi connectivity index (χ3v) is 7.32. The number of alkyl halides is 3. The second-order valence-corrected chi connectivity index (χ2v) is 9.60. The van der Waals surface area contributed by atoms with E-state index in [0.717, 1.165) is 80.6 Å². The zero-order valence-corrected chi connectivity index (χ0v) is 18.8. The highest BCUT2D eigenvalue weighted by Crippen LogP contribution is 2.42. The first-order chi connectivity index (χ1) is 15.9. The normalized spacial score (nSPS) is 26.3. The van der Waals surface area contributed by atoms with Gasteiger partial charge in [0.2, 0.25) is 0 Å². The van der Waals surface area contributed by atoms with Crippen LogP contribution in [0.2, 0.25) is 0 Å². The Hall–Kier alpha value is -2.26. The highest BCUT2D eigenvalue weighted by molar-refractivity contribution is 5.97. The number of anilines is 1. The summed E-state index contributed by atoms with van der Waals surface area (Å²) >= 11 is 0. The molecular formula is C24H32F3N5O. The molecule has 0 spiro atoms. The maximum atomic E-state index is 12.5. The summed E-state index contributed by atoms with van der Waals surface area (Å²) in [5.74, 6) is 0.288. The first-order valence-corrected chi connectivity index (χ1v) is 11.9. The van der Waals surface area contributed by atoms with E-state index in [-0.39, 0.29) is 12.0 Å². The number of rotatable bonds is 6. The number of ether oxygens (including phenoxy) is 1. The Morgan fingerprint density at radius 1 is 1.21 bits per heavy atom. The van der Waals surface area contributed by atoms with Gasteiger partial charge in [-0.1, -0.05) is 6.58 Å². The average molecular weight is 464 g/mol. The van der Waals surface area contributed by atoms with Crippen LogP contribution in [0.1, 0.15) is 44.1 Å². The van der Waals surface area contributed by atoms with Crippen LogP contribution in [0, 0.1) is 5.92 Å². The number of aromatic amines is 1. The molecule has 180 valence electrons. The van der Waals surface area contributed by atoms with E-state index in [9.17, 15) is 13.2 Å². The van der Waals surface area contributed by atoms with Gasteiger partial charge in [-0.2, -0.15) is 13.2 Å². The van der Waals surface area contributed by atoms with Gasteiger partial charge in [-0.25, -0.2) is 4.98 Å². The van der Waals surface area contributed by atoms with Gasteiger partial charge in [0.25, 0.3) is 0 Å². The fourth-order valence-electron chi connectivity index (χ4n) is 5.60. The molecule has 6 nitrogen and oxygen atoms in total. The number of halogens is 3. The summed E-state index contributed by atoms with van der Waals surface area (Å²) in [6, 6.07) is 2.41. The molecule has 9 heteroatoms. The third-order valence-electron chi connectivity index (χ3n) is 7.32. The van der Waals surface area contributed by atoms with E-state index < -0.39 is 12.7 Å². The molecule has 0 amide bonds. The first-order valence-electron chi connectivity index (χ1n) is 11.9. The zero-order valence-electron chi connectivity index (χ0n) is 18.8. The SMILES string of the molecule is C=C1c2cnc3[nH]ccc3c2N([C@H]2CC[C@H](CNCC(F)(F)F)CC2)CN1CC1CCCO1. The summed E-state index contributed by atoms with van der Waals surface area (Å²) < 4.78 is 43.3. The molecule has 1 aliphatic carbocycles. The Bertz CT molecular complexity index is 976. The molecule has 2 fully saturated rings. The number of nitrogens with one attached hydrogen (secondary N) is 2. The van der Waals surface area contributed by atoms with Gasteiger partial charge in [0.05, 0.1) is 25.0 Å². The third kappa shape index (κ3) is 4.84. The molecule has 0 bridgehead atoms. The molecular weight excluding hydrogens is 431 g/mol. The lowest BCUT2D eigenvalue weighted by atomic mass is 9.84. The van der Waals surface area contributed by atoms with Gasteiger partial charge in [-0.05, 0) is 57.1 Å². The number of fused-ring (bicyclic) bond motifs is 3. The van der Waals surface area contributed by atoms with Crippen molar-refractivity contribution in [2.24, 2.45) is 5.92 Å². The van der Waals surface area contributed by atoms with Gasteiger partial charge in [0, 0.05) is 48.2 Å². The van der Waals surface area contributed by atoms with Crippen molar-refractivity contribution in [2.45, 2.75) is 56.8 Å².